The molecule has 0 spiro atoms. The highest BCUT2D eigenvalue weighted by atomic mass is 35.5. The van der Waals surface area contributed by atoms with Crippen molar-refractivity contribution in [1.82, 2.24) is 9.55 Å². The smallest absolute Gasteiger partial charge is 0.109 e. The molecule has 2 nitrogen and oxygen atoms in total. The van der Waals surface area contributed by atoms with E-state index in [4.69, 9.17) is 16.6 Å². The summed E-state index contributed by atoms with van der Waals surface area (Å²) in [5, 5.41) is 0. The molecule has 1 atom stereocenters. The zero-order chi connectivity index (χ0) is 11.1. The summed E-state index contributed by atoms with van der Waals surface area (Å²) in [5.74, 6) is 1.22. The summed E-state index contributed by atoms with van der Waals surface area (Å²) < 4.78 is 3.14. The highest BCUT2D eigenvalue weighted by Crippen LogP contribution is 2.33. The van der Waals surface area contributed by atoms with Crippen LogP contribution in [0, 0.1) is 0 Å². The number of aromatic nitrogens is 2. The number of imidazole rings is 1. The number of thiophene rings is 1. The van der Waals surface area contributed by atoms with Crippen molar-refractivity contribution in [3.63, 3.8) is 0 Å². The van der Waals surface area contributed by atoms with Crippen molar-refractivity contribution < 1.29 is 0 Å². The third kappa shape index (κ3) is 1.68. The van der Waals surface area contributed by atoms with E-state index in [0.29, 0.717) is 6.04 Å². The van der Waals surface area contributed by atoms with Crippen molar-refractivity contribution in [3.8, 4) is 10.6 Å². The summed E-state index contributed by atoms with van der Waals surface area (Å²) in [5.41, 5.74) is 1.07. The van der Waals surface area contributed by atoms with Gasteiger partial charge in [-0.2, -0.15) is 0 Å². The first kappa shape index (κ1) is 10.4. The van der Waals surface area contributed by atoms with Gasteiger partial charge < -0.3 is 4.57 Å². The summed E-state index contributed by atoms with van der Waals surface area (Å²) in [7, 11) is 0. The van der Waals surface area contributed by atoms with Gasteiger partial charge in [0.15, 0.2) is 0 Å². The molecule has 2 aromatic rings. The van der Waals surface area contributed by atoms with Crippen LogP contribution in [0.25, 0.3) is 10.6 Å². The van der Waals surface area contributed by atoms with E-state index >= 15 is 0 Å². The zero-order valence-corrected chi connectivity index (χ0v) is 10.7. The van der Waals surface area contributed by atoms with Crippen LogP contribution in [0.3, 0.4) is 0 Å². The molecule has 0 aliphatic carbocycles. The van der Waals surface area contributed by atoms with E-state index in [1.165, 1.54) is 23.5 Å². The number of halogens is 1. The molecular weight excluding hydrogens is 240 g/mol. The van der Waals surface area contributed by atoms with Crippen molar-refractivity contribution in [2.75, 3.05) is 0 Å². The maximum Gasteiger partial charge on any atom is 0.109 e. The maximum atomic E-state index is 5.95. The Kier molecular flexibility index (Phi) is 2.52. The first-order valence-electron chi connectivity index (χ1n) is 5.57. The molecule has 1 unspecified atom stereocenters. The van der Waals surface area contributed by atoms with Crippen LogP contribution < -0.4 is 0 Å². The predicted molar refractivity (Wildman–Crippen MR) is 68.2 cm³/mol. The molecule has 0 amide bonds. The van der Waals surface area contributed by atoms with Crippen LogP contribution in [0.1, 0.15) is 31.6 Å². The molecule has 0 N–H and O–H groups in total. The maximum absolute atomic E-state index is 5.95. The molecule has 0 radical (unpaired) electrons. The molecule has 3 heterocycles. The Morgan fingerprint density at radius 1 is 1.50 bits per heavy atom. The Balaban J connectivity index is 2.04. The van der Waals surface area contributed by atoms with Gasteiger partial charge in [-0.25, -0.2) is 4.98 Å². The predicted octanol–water partition coefficient (Wildman–Crippen LogP) is 4.16. The van der Waals surface area contributed by atoms with Gasteiger partial charge >= 0.3 is 0 Å². The third-order valence-corrected chi connectivity index (χ3v) is 4.39. The SMILES string of the molecule is CC1CCCc2nc(-c3ccc(Cl)s3)cn21. The minimum absolute atomic E-state index is 0.584. The number of rotatable bonds is 1. The first-order valence-corrected chi connectivity index (χ1v) is 6.77. The van der Waals surface area contributed by atoms with Gasteiger partial charge in [-0.15, -0.1) is 11.3 Å². The van der Waals surface area contributed by atoms with Crippen molar-refractivity contribution >= 4 is 22.9 Å². The minimum Gasteiger partial charge on any atom is -0.331 e. The fourth-order valence-electron chi connectivity index (χ4n) is 2.26. The molecule has 16 heavy (non-hydrogen) atoms. The Hall–Kier alpha value is -0.800. The molecule has 84 valence electrons. The van der Waals surface area contributed by atoms with Crippen molar-refractivity contribution in [2.24, 2.45) is 0 Å². The third-order valence-electron chi connectivity index (χ3n) is 3.13. The number of aryl methyl sites for hydroxylation is 1. The molecule has 3 rings (SSSR count). The van der Waals surface area contributed by atoms with Crippen LogP contribution >= 0.6 is 22.9 Å². The lowest BCUT2D eigenvalue weighted by Gasteiger charge is -2.20. The number of nitrogens with zero attached hydrogens (tertiary/aromatic N) is 2. The molecule has 0 fully saturated rings. The molecule has 0 bridgehead atoms. The average molecular weight is 253 g/mol. The quantitative estimate of drug-likeness (QED) is 0.745. The summed E-state index contributed by atoms with van der Waals surface area (Å²) in [6.45, 7) is 2.26. The Labute approximate surface area is 104 Å². The lowest BCUT2D eigenvalue weighted by Crippen LogP contribution is -2.14. The van der Waals surface area contributed by atoms with Crippen molar-refractivity contribution in [1.29, 1.82) is 0 Å². The van der Waals surface area contributed by atoms with Gasteiger partial charge in [0.2, 0.25) is 0 Å². The Bertz CT molecular complexity index is 515. The second-order valence-corrected chi connectivity index (χ2v) is 6.01. The molecule has 1 aliphatic heterocycles. The van der Waals surface area contributed by atoms with Gasteiger partial charge in [0.1, 0.15) is 5.82 Å². The molecule has 4 heteroatoms. The minimum atomic E-state index is 0.584. The van der Waals surface area contributed by atoms with E-state index in [2.05, 4.69) is 17.7 Å². The van der Waals surface area contributed by atoms with Crippen molar-refractivity contribution in [3.05, 3.63) is 28.5 Å². The van der Waals surface area contributed by atoms with E-state index in [9.17, 15) is 0 Å². The Morgan fingerprint density at radius 3 is 3.06 bits per heavy atom. The normalized spacial score (nSPS) is 19.8. The summed E-state index contributed by atoms with van der Waals surface area (Å²) >= 11 is 7.54. The standard InChI is InChI=1S/C12H13ClN2S/c1-8-3-2-4-12-14-9(7-15(8)12)10-5-6-11(13)16-10/h5-8H,2-4H2,1H3. The summed E-state index contributed by atoms with van der Waals surface area (Å²) in [4.78, 5) is 5.87. The van der Waals surface area contributed by atoms with Crippen LogP contribution in [0.15, 0.2) is 18.3 Å². The van der Waals surface area contributed by atoms with E-state index in [1.807, 2.05) is 12.1 Å². The topological polar surface area (TPSA) is 17.8 Å². The fraction of sp³-hybridized carbons (Fsp3) is 0.417. The monoisotopic (exact) mass is 252 g/mol. The number of hydrogen-bond donors (Lipinski definition) is 0. The molecule has 0 saturated heterocycles. The zero-order valence-electron chi connectivity index (χ0n) is 9.11. The highest BCUT2D eigenvalue weighted by molar-refractivity contribution is 7.19. The van der Waals surface area contributed by atoms with Crippen LogP contribution in [0.5, 0.6) is 0 Å². The van der Waals surface area contributed by atoms with Gasteiger partial charge in [0.05, 0.1) is 14.9 Å². The molecule has 2 aromatic heterocycles. The van der Waals surface area contributed by atoms with Gasteiger partial charge in [-0.05, 0) is 31.9 Å². The highest BCUT2D eigenvalue weighted by Gasteiger charge is 2.18. The van der Waals surface area contributed by atoms with E-state index in [1.54, 1.807) is 11.3 Å². The largest absolute Gasteiger partial charge is 0.331 e. The average Bonchev–Trinajstić information content (AvgIpc) is 2.84. The van der Waals surface area contributed by atoms with Crippen LogP contribution in [-0.2, 0) is 6.42 Å². The van der Waals surface area contributed by atoms with Crippen LogP contribution in [-0.4, -0.2) is 9.55 Å². The van der Waals surface area contributed by atoms with Crippen LogP contribution in [0.4, 0.5) is 0 Å². The fourth-order valence-corrected chi connectivity index (χ4v) is 3.26. The molecule has 0 aromatic carbocycles. The Morgan fingerprint density at radius 2 is 2.38 bits per heavy atom. The van der Waals surface area contributed by atoms with E-state index in [-0.39, 0.29) is 0 Å². The summed E-state index contributed by atoms with van der Waals surface area (Å²) in [6, 6.07) is 4.57. The van der Waals surface area contributed by atoms with Gasteiger partial charge in [-0.3, -0.25) is 0 Å². The molecular formula is C12H13ClN2S. The number of hydrogen-bond acceptors (Lipinski definition) is 2. The first-order chi connectivity index (χ1) is 7.74. The lowest BCUT2D eigenvalue weighted by atomic mass is 10.1. The van der Waals surface area contributed by atoms with Gasteiger partial charge in [-0.1, -0.05) is 11.6 Å². The summed E-state index contributed by atoms with van der Waals surface area (Å²) in [6.07, 6.45) is 5.78. The van der Waals surface area contributed by atoms with Crippen LogP contribution in [0.2, 0.25) is 4.34 Å². The number of fused-ring (bicyclic) bond motifs is 1. The lowest BCUT2D eigenvalue weighted by molar-refractivity contribution is 0.426. The van der Waals surface area contributed by atoms with Gasteiger partial charge in [0.25, 0.3) is 0 Å². The second kappa shape index (κ2) is 3.90. The second-order valence-electron chi connectivity index (χ2n) is 4.29. The molecule has 1 aliphatic rings. The van der Waals surface area contributed by atoms with E-state index < -0.39 is 0 Å². The molecule has 0 saturated carbocycles. The van der Waals surface area contributed by atoms with E-state index in [0.717, 1.165) is 16.5 Å². The van der Waals surface area contributed by atoms with Gasteiger partial charge in [0, 0.05) is 18.7 Å². The van der Waals surface area contributed by atoms with Crippen molar-refractivity contribution in [2.45, 2.75) is 32.2 Å².